The van der Waals surface area contributed by atoms with Gasteiger partial charge in [0.05, 0.1) is 19.9 Å². The molecule has 0 radical (unpaired) electrons. The predicted octanol–water partition coefficient (Wildman–Crippen LogP) is 1.93. The number of nitrogens with zero attached hydrogens (tertiary/aromatic N) is 1. The third-order valence-corrected chi connectivity index (χ3v) is 3.04. The van der Waals surface area contributed by atoms with E-state index in [0.717, 1.165) is 0 Å². The Balaban J connectivity index is 2.23. The molecule has 0 amide bonds. The number of aromatic nitrogens is 1. The first-order chi connectivity index (χ1) is 11.7. The van der Waals surface area contributed by atoms with Crippen LogP contribution in [0.4, 0.5) is 0 Å². The number of carbonyl (C=O) groups excluding carboxylic acids is 2. The lowest BCUT2D eigenvalue weighted by atomic mass is 10.2. The van der Waals surface area contributed by atoms with Crippen LogP contribution >= 0.6 is 0 Å². The quantitative estimate of drug-likeness (QED) is 0.717. The van der Waals surface area contributed by atoms with E-state index in [2.05, 4.69) is 9.72 Å². The molecule has 7 nitrogen and oxygen atoms in total. The predicted molar refractivity (Wildman–Crippen MR) is 83.6 cm³/mol. The number of methoxy groups -OCH3 is 2. The number of ether oxygens (including phenoxy) is 4. The van der Waals surface area contributed by atoms with E-state index in [1.165, 1.54) is 14.2 Å². The van der Waals surface area contributed by atoms with Crippen molar-refractivity contribution in [2.75, 3.05) is 20.8 Å². The van der Waals surface area contributed by atoms with Crippen LogP contribution < -0.4 is 9.47 Å². The SMILES string of the molecule is COC(=O)COc1ccccc1OC(C(=O)OC)c1ccccn1. The fourth-order valence-electron chi connectivity index (χ4n) is 1.86. The molecule has 0 aliphatic heterocycles. The second-order valence-electron chi connectivity index (χ2n) is 4.59. The van der Waals surface area contributed by atoms with E-state index in [-0.39, 0.29) is 12.4 Å². The third kappa shape index (κ3) is 4.45. The highest BCUT2D eigenvalue weighted by Gasteiger charge is 2.26. The molecule has 0 fully saturated rings. The molecular weight excluding hydrogens is 314 g/mol. The van der Waals surface area contributed by atoms with Gasteiger partial charge < -0.3 is 18.9 Å². The number of hydrogen-bond donors (Lipinski definition) is 0. The average molecular weight is 331 g/mol. The summed E-state index contributed by atoms with van der Waals surface area (Å²) in [6.07, 6.45) is 0.493. The van der Waals surface area contributed by atoms with E-state index in [1.54, 1.807) is 48.7 Å². The zero-order valence-electron chi connectivity index (χ0n) is 13.3. The Morgan fingerprint density at radius 1 is 1.00 bits per heavy atom. The van der Waals surface area contributed by atoms with Crippen molar-refractivity contribution in [1.29, 1.82) is 0 Å². The van der Waals surface area contributed by atoms with Crippen molar-refractivity contribution in [2.24, 2.45) is 0 Å². The number of rotatable bonds is 7. The summed E-state index contributed by atoms with van der Waals surface area (Å²) in [6, 6.07) is 11.8. The van der Waals surface area contributed by atoms with Crippen LogP contribution in [0.3, 0.4) is 0 Å². The zero-order chi connectivity index (χ0) is 17.4. The second kappa shape index (κ2) is 8.52. The average Bonchev–Trinajstić information content (AvgIpc) is 2.64. The Bertz CT molecular complexity index is 688. The van der Waals surface area contributed by atoms with Crippen molar-refractivity contribution in [3.8, 4) is 11.5 Å². The van der Waals surface area contributed by atoms with E-state index >= 15 is 0 Å². The maximum absolute atomic E-state index is 12.0. The Hall–Kier alpha value is -3.09. The fourth-order valence-corrected chi connectivity index (χ4v) is 1.86. The van der Waals surface area contributed by atoms with Gasteiger partial charge in [-0.05, 0) is 24.3 Å². The first kappa shape index (κ1) is 17.3. The Morgan fingerprint density at radius 3 is 2.33 bits per heavy atom. The van der Waals surface area contributed by atoms with Gasteiger partial charge >= 0.3 is 11.9 Å². The smallest absolute Gasteiger partial charge is 0.353 e. The van der Waals surface area contributed by atoms with Crippen molar-refractivity contribution < 1.29 is 28.5 Å². The molecule has 0 saturated carbocycles. The minimum Gasteiger partial charge on any atom is -0.478 e. The summed E-state index contributed by atoms with van der Waals surface area (Å²) >= 11 is 0. The highest BCUT2D eigenvalue weighted by Crippen LogP contribution is 2.31. The van der Waals surface area contributed by atoms with Gasteiger partial charge in [0.15, 0.2) is 18.1 Å². The van der Waals surface area contributed by atoms with E-state index in [4.69, 9.17) is 14.2 Å². The molecule has 1 atom stereocenters. The summed E-state index contributed by atoms with van der Waals surface area (Å²) in [5.41, 5.74) is 0.395. The van der Waals surface area contributed by atoms with Gasteiger partial charge in [-0.25, -0.2) is 9.59 Å². The van der Waals surface area contributed by atoms with E-state index in [0.29, 0.717) is 11.4 Å². The van der Waals surface area contributed by atoms with Gasteiger partial charge in [0.2, 0.25) is 6.10 Å². The topological polar surface area (TPSA) is 84.0 Å². The summed E-state index contributed by atoms with van der Waals surface area (Å²) in [7, 11) is 2.53. The van der Waals surface area contributed by atoms with Gasteiger partial charge in [0, 0.05) is 6.20 Å². The molecule has 1 unspecified atom stereocenters. The number of esters is 2. The number of pyridine rings is 1. The van der Waals surface area contributed by atoms with Gasteiger partial charge in [-0.15, -0.1) is 0 Å². The number of benzene rings is 1. The Kier molecular flexibility index (Phi) is 6.13. The van der Waals surface area contributed by atoms with Crippen LogP contribution in [0.1, 0.15) is 11.8 Å². The number of para-hydroxylation sites is 2. The van der Waals surface area contributed by atoms with Crippen LogP contribution in [0, 0.1) is 0 Å². The molecule has 24 heavy (non-hydrogen) atoms. The first-order valence-corrected chi connectivity index (χ1v) is 7.09. The lowest BCUT2D eigenvalue weighted by Gasteiger charge is -2.18. The van der Waals surface area contributed by atoms with Gasteiger partial charge in [-0.2, -0.15) is 0 Å². The summed E-state index contributed by atoms with van der Waals surface area (Å²) < 4.78 is 20.4. The van der Waals surface area contributed by atoms with Crippen LogP contribution in [0.25, 0.3) is 0 Å². The highest BCUT2D eigenvalue weighted by atomic mass is 16.6. The molecule has 0 spiro atoms. The largest absolute Gasteiger partial charge is 0.478 e. The van der Waals surface area contributed by atoms with Gasteiger partial charge in [0.25, 0.3) is 0 Å². The van der Waals surface area contributed by atoms with Crippen LogP contribution in [0.5, 0.6) is 11.5 Å². The Labute approximate surface area is 139 Å². The molecule has 2 aromatic rings. The molecule has 126 valence electrons. The molecule has 0 bridgehead atoms. The van der Waals surface area contributed by atoms with Crippen molar-refractivity contribution in [2.45, 2.75) is 6.10 Å². The van der Waals surface area contributed by atoms with Gasteiger partial charge in [0.1, 0.15) is 0 Å². The molecule has 7 heteroatoms. The van der Waals surface area contributed by atoms with Crippen molar-refractivity contribution >= 4 is 11.9 Å². The fraction of sp³-hybridized carbons (Fsp3) is 0.235. The molecule has 0 aliphatic rings. The van der Waals surface area contributed by atoms with E-state index < -0.39 is 18.0 Å². The lowest BCUT2D eigenvalue weighted by Crippen LogP contribution is -2.22. The minimum atomic E-state index is -1.06. The zero-order valence-corrected chi connectivity index (χ0v) is 13.3. The molecule has 0 N–H and O–H groups in total. The van der Waals surface area contributed by atoms with Gasteiger partial charge in [-0.1, -0.05) is 18.2 Å². The summed E-state index contributed by atoms with van der Waals surface area (Å²) in [6.45, 7) is -0.274. The molecule has 0 saturated heterocycles. The third-order valence-electron chi connectivity index (χ3n) is 3.04. The lowest BCUT2D eigenvalue weighted by molar-refractivity contribution is -0.149. The van der Waals surface area contributed by atoms with Crippen LogP contribution in [-0.4, -0.2) is 37.7 Å². The highest BCUT2D eigenvalue weighted by molar-refractivity contribution is 5.76. The van der Waals surface area contributed by atoms with Crippen molar-refractivity contribution in [3.63, 3.8) is 0 Å². The first-order valence-electron chi connectivity index (χ1n) is 7.09. The van der Waals surface area contributed by atoms with Crippen LogP contribution in [0.2, 0.25) is 0 Å². The van der Waals surface area contributed by atoms with Gasteiger partial charge in [-0.3, -0.25) is 4.98 Å². The normalized spacial score (nSPS) is 11.2. The summed E-state index contributed by atoms with van der Waals surface area (Å²) in [5, 5.41) is 0. The summed E-state index contributed by atoms with van der Waals surface area (Å²) in [4.78, 5) is 27.4. The maximum atomic E-state index is 12.0. The van der Waals surface area contributed by atoms with E-state index in [1.807, 2.05) is 0 Å². The minimum absolute atomic E-state index is 0.274. The van der Waals surface area contributed by atoms with E-state index in [9.17, 15) is 9.59 Å². The standard InChI is InChI=1S/C17H17NO6/c1-21-15(19)11-23-13-8-3-4-9-14(13)24-16(17(20)22-2)12-7-5-6-10-18-12/h3-10,16H,11H2,1-2H3. The van der Waals surface area contributed by atoms with Crippen molar-refractivity contribution in [1.82, 2.24) is 4.98 Å². The second-order valence-corrected chi connectivity index (χ2v) is 4.59. The molecular formula is C17H17NO6. The maximum Gasteiger partial charge on any atom is 0.353 e. The summed E-state index contributed by atoms with van der Waals surface area (Å²) in [5.74, 6) is -0.550. The van der Waals surface area contributed by atoms with Crippen LogP contribution in [0.15, 0.2) is 48.7 Å². The monoisotopic (exact) mass is 331 g/mol. The molecule has 1 aromatic carbocycles. The Morgan fingerprint density at radius 2 is 1.71 bits per heavy atom. The molecule has 1 aromatic heterocycles. The number of hydrogen-bond acceptors (Lipinski definition) is 7. The molecule has 1 heterocycles. The molecule has 0 aliphatic carbocycles. The molecule has 2 rings (SSSR count). The number of carbonyl (C=O) groups is 2. The van der Waals surface area contributed by atoms with Crippen molar-refractivity contribution in [3.05, 3.63) is 54.4 Å². The van der Waals surface area contributed by atoms with Crippen LogP contribution in [-0.2, 0) is 19.1 Å².